The molecule has 4 N–H and O–H groups in total. The molecule has 0 aromatic heterocycles. The lowest BCUT2D eigenvalue weighted by atomic mass is 10.1. The number of rotatable bonds is 6. The van der Waals surface area contributed by atoms with Crippen LogP contribution in [-0.2, 0) is 6.61 Å². The molecule has 0 heterocycles. The molecule has 0 unspecified atom stereocenters. The second-order valence-electron chi connectivity index (χ2n) is 4.55. The maximum absolute atomic E-state index is 11.5. The third-order valence-corrected chi connectivity index (χ3v) is 3.09. The second kappa shape index (κ2) is 6.62. The summed E-state index contributed by atoms with van der Waals surface area (Å²) in [5.74, 6) is -0.382. The van der Waals surface area contributed by atoms with Crippen molar-refractivity contribution in [3.8, 4) is 11.5 Å². The van der Waals surface area contributed by atoms with E-state index < -0.39 is 11.8 Å². The number of carbonyl (C=O) groups excluding carboxylic acids is 2. The third-order valence-electron chi connectivity index (χ3n) is 3.09. The standard InChI is InChI=1S/C16H16N2O4/c1-21-13-4-2-3-12(16(18)20)14(13)22-9-10-5-7-11(8-6-10)15(17)19/h2-8H,9H2,1H3,(H2,17,19)(H2,18,20). The summed E-state index contributed by atoms with van der Waals surface area (Å²) < 4.78 is 10.8. The number of carbonyl (C=O) groups is 2. The Hall–Kier alpha value is -3.02. The smallest absolute Gasteiger partial charge is 0.252 e. The van der Waals surface area contributed by atoms with Crippen LogP contribution in [0.25, 0.3) is 0 Å². The van der Waals surface area contributed by atoms with Gasteiger partial charge in [-0.05, 0) is 29.8 Å². The number of para-hydroxylation sites is 1. The monoisotopic (exact) mass is 300 g/mol. The molecule has 0 aliphatic rings. The number of primary amides is 2. The number of benzene rings is 2. The van der Waals surface area contributed by atoms with Crippen molar-refractivity contribution in [2.75, 3.05) is 7.11 Å². The Morgan fingerprint density at radius 2 is 1.68 bits per heavy atom. The number of amides is 2. The van der Waals surface area contributed by atoms with Crippen molar-refractivity contribution < 1.29 is 19.1 Å². The van der Waals surface area contributed by atoms with Gasteiger partial charge in [0.05, 0.1) is 12.7 Å². The molecule has 6 heteroatoms. The van der Waals surface area contributed by atoms with Gasteiger partial charge in [-0.15, -0.1) is 0 Å². The summed E-state index contributed by atoms with van der Waals surface area (Å²) >= 11 is 0. The van der Waals surface area contributed by atoms with E-state index in [9.17, 15) is 9.59 Å². The van der Waals surface area contributed by atoms with Crippen LogP contribution in [0.15, 0.2) is 42.5 Å². The molecule has 0 saturated carbocycles. The average Bonchev–Trinajstić information content (AvgIpc) is 2.52. The van der Waals surface area contributed by atoms with Crippen LogP contribution in [-0.4, -0.2) is 18.9 Å². The first-order valence-corrected chi connectivity index (χ1v) is 6.51. The molecule has 6 nitrogen and oxygen atoms in total. The number of hydrogen-bond donors (Lipinski definition) is 2. The van der Waals surface area contributed by atoms with E-state index in [0.29, 0.717) is 11.3 Å². The SMILES string of the molecule is COc1cccc(C(N)=O)c1OCc1ccc(C(N)=O)cc1. The van der Waals surface area contributed by atoms with Gasteiger partial charge >= 0.3 is 0 Å². The highest BCUT2D eigenvalue weighted by Gasteiger charge is 2.14. The van der Waals surface area contributed by atoms with Crippen molar-refractivity contribution in [1.29, 1.82) is 0 Å². The molecule has 0 radical (unpaired) electrons. The zero-order valence-corrected chi connectivity index (χ0v) is 12.0. The first-order chi connectivity index (χ1) is 10.5. The van der Waals surface area contributed by atoms with E-state index in [2.05, 4.69) is 0 Å². The summed E-state index contributed by atoms with van der Waals surface area (Å²) in [4.78, 5) is 22.5. The van der Waals surface area contributed by atoms with Crippen LogP contribution in [0.5, 0.6) is 11.5 Å². The Balaban J connectivity index is 2.20. The fourth-order valence-electron chi connectivity index (χ4n) is 1.94. The molecule has 0 spiro atoms. The fraction of sp³-hybridized carbons (Fsp3) is 0.125. The van der Waals surface area contributed by atoms with Gasteiger partial charge in [-0.2, -0.15) is 0 Å². The zero-order valence-electron chi connectivity index (χ0n) is 12.0. The van der Waals surface area contributed by atoms with Crippen LogP contribution in [0.2, 0.25) is 0 Å². The lowest BCUT2D eigenvalue weighted by Crippen LogP contribution is -2.14. The van der Waals surface area contributed by atoms with Crippen LogP contribution < -0.4 is 20.9 Å². The molecule has 0 aliphatic carbocycles. The van der Waals surface area contributed by atoms with E-state index in [0.717, 1.165) is 5.56 Å². The summed E-state index contributed by atoms with van der Waals surface area (Å²) in [7, 11) is 1.48. The number of methoxy groups -OCH3 is 1. The Bertz CT molecular complexity index is 696. The van der Waals surface area contributed by atoms with E-state index in [1.54, 1.807) is 42.5 Å². The van der Waals surface area contributed by atoms with Crippen molar-refractivity contribution >= 4 is 11.8 Å². The van der Waals surface area contributed by atoms with Gasteiger partial charge in [0.1, 0.15) is 6.61 Å². The predicted molar refractivity (Wildman–Crippen MR) is 80.8 cm³/mol. The number of hydrogen-bond acceptors (Lipinski definition) is 4. The molecule has 0 aliphatic heterocycles. The van der Waals surface area contributed by atoms with E-state index in [-0.39, 0.29) is 17.9 Å². The normalized spacial score (nSPS) is 10.0. The van der Waals surface area contributed by atoms with Crippen molar-refractivity contribution in [2.24, 2.45) is 11.5 Å². The average molecular weight is 300 g/mol. The molecule has 0 saturated heterocycles. The van der Waals surface area contributed by atoms with E-state index in [4.69, 9.17) is 20.9 Å². The fourth-order valence-corrected chi connectivity index (χ4v) is 1.94. The number of ether oxygens (including phenoxy) is 2. The molecule has 2 amide bonds. The Kier molecular flexibility index (Phi) is 4.63. The maximum atomic E-state index is 11.5. The van der Waals surface area contributed by atoms with Gasteiger partial charge in [0.15, 0.2) is 11.5 Å². The highest BCUT2D eigenvalue weighted by atomic mass is 16.5. The molecule has 0 bridgehead atoms. The summed E-state index contributed by atoms with van der Waals surface area (Å²) in [6.45, 7) is 0.194. The molecule has 2 rings (SSSR count). The molecule has 0 fully saturated rings. The topological polar surface area (TPSA) is 105 Å². The minimum atomic E-state index is -0.599. The molecule has 0 atom stereocenters. The van der Waals surface area contributed by atoms with E-state index in [1.165, 1.54) is 7.11 Å². The summed E-state index contributed by atoms with van der Waals surface area (Å²) in [5, 5.41) is 0. The van der Waals surface area contributed by atoms with Gasteiger partial charge in [-0.25, -0.2) is 0 Å². The van der Waals surface area contributed by atoms with Crippen molar-refractivity contribution in [2.45, 2.75) is 6.61 Å². The van der Waals surface area contributed by atoms with E-state index >= 15 is 0 Å². The molecule has 22 heavy (non-hydrogen) atoms. The summed E-state index contributed by atoms with van der Waals surface area (Å²) in [5.41, 5.74) is 12.0. The largest absolute Gasteiger partial charge is 0.493 e. The second-order valence-corrected chi connectivity index (χ2v) is 4.55. The third kappa shape index (κ3) is 3.35. The molecule has 2 aromatic rings. The van der Waals surface area contributed by atoms with Gasteiger partial charge in [-0.1, -0.05) is 18.2 Å². The van der Waals surface area contributed by atoms with Crippen molar-refractivity contribution in [1.82, 2.24) is 0 Å². The first-order valence-electron chi connectivity index (χ1n) is 6.51. The minimum Gasteiger partial charge on any atom is -0.493 e. The predicted octanol–water partition coefficient (Wildman–Crippen LogP) is 1.47. The van der Waals surface area contributed by atoms with Crippen LogP contribution in [0, 0.1) is 0 Å². The van der Waals surface area contributed by atoms with Gasteiger partial charge in [-0.3, -0.25) is 9.59 Å². The van der Waals surface area contributed by atoms with Crippen molar-refractivity contribution in [3.05, 3.63) is 59.2 Å². The quantitative estimate of drug-likeness (QED) is 0.842. The highest BCUT2D eigenvalue weighted by Crippen LogP contribution is 2.31. The van der Waals surface area contributed by atoms with E-state index in [1.807, 2.05) is 0 Å². The lowest BCUT2D eigenvalue weighted by Gasteiger charge is -2.13. The summed E-state index contributed by atoms with van der Waals surface area (Å²) in [6.07, 6.45) is 0. The van der Waals surface area contributed by atoms with Gasteiger partial charge in [0.2, 0.25) is 5.91 Å². The van der Waals surface area contributed by atoms with Crippen LogP contribution in [0.1, 0.15) is 26.3 Å². The first kappa shape index (κ1) is 15.4. The Labute approximate surface area is 127 Å². The highest BCUT2D eigenvalue weighted by molar-refractivity contribution is 5.96. The molecular formula is C16H16N2O4. The van der Waals surface area contributed by atoms with Crippen molar-refractivity contribution in [3.63, 3.8) is 0 Å². The Morgan fingerprint density at radius 1 is 1.00 bits per heavy atom. The molecular weight excluding hydrogens is 284 g/mol. The van der Waals surface area contributed by atoms with Gasteiger partial charge in [0, 0.05) is 5.56 Å². The Morgan fingerprint density at radius 3 is 2.23 bits per heavy atom. The molecule has 114 valence electrons. The minimum absolute atomic E-state index is 0.194. The van der Waals surface area contributed by atoms with Crippen LogP contribution in [0.4, 0.5) is 0 Å². The number of nitrogens with two attached hydrogens (primary N) is 2. The summed E-state index contributed by atoms with van der Waals surface area (Å²) in [6, 6.07) is 11.6. The van der Waals surface area contributed by atoms with Crippen LogP contribution in [0.3, 0.4) is 0 Å². The maximum Gasteiger partial charge on any atom is 0.252 e. The lowest BCUT2D eigenvalue weighted by molar-refractivity contribution is 0.0988. The van der Waals surface area contributed by atoms with Crippen LogP contribution >= 0.6 is 0 Å². The van der Waals surface area contributed by atoms with Gasteiger partial charge in [0.25, 0.3) is 5.91 Å². The van der Waals surface area contributed by atoms with Gasteiger partial charge < -0.3 is 20.9 Å². The molecule has 2 aromatic carbocycles. The zero-order chi connectivity index (χ0) is 16.1.